The van der Waals surface area contributed by atoms with Crippen LogP contribution in [0.2, 0.25) is 5.02 Å². The van der Waals surface area contributed by atoms with Gasteiger partial charge in [0, 0.05) is 29.0 Å². The van der Waals surface area contributed by atoms with Crippen molar-refractivity contribution in [2.75, 3.05) is 10.0 Å². The molecule has 0 spiro atoms. The summed E-state index contributed by atoms with van der Waals surface area (Å²) in [5.41, 5.74) is 3.05. The molecule has 4 rings (SSSR count). The summed E-state index contributed by atoms with van der Waals surface area (Å²) in [6.45, 7) is 5.47. The summed E-state index contributed by atoms with van der Waals surface area (Å²) in [6, 6.07) is 7.47. The molecule has 1 aliphatic rings. The summed E-state index contributed by atoms with van der Waals surface area (Å²) in [5.74, 6) is -0.240. The zero-order valence-electron chi connectivity index (χ0n) is 17.8. The summed E-state index contributed by atoms with van der Waals surface area (Å²) >= 11 is 7.23. The van der Waals surface area contributed by atoms with E-state index in [0.717, 1.165) is 16.7 Å². The molecule has 2 aromatic heterocycles. The third-order valence-electron chi connectivity index (χ3n) is 5.41. The van der Waals surface area contributed by atoms with Crippen molar-refractivity contribution >= 4 is 49.7 Å². The van der Waals surface area contributed by atoms with Crippen LogP contribution in [0.1, 0.15) is 37.9 Å². The average molecular weight is 491 g/mol. The van der Waals surface area contributed by atoms with Crippen LogP contribution in [-0.4, -0.2) is 29.5 Å². The van der Waals surface area contributed by atoms with E-state index >= 15 is 0 Å². The maximum absolute atomic E-state index is 13.0. The molecule has 0 aliphatic heterocycles. The zero-order valence-corrected chi connectivity index (χ0v) is 20.2. The Morgan fingerprint density at radius 2 is 1.97 bits per heavy atom. The predicted octanol–water partition coefficient (Wildman–Crippen LogP) is 4.99. The van der Waals surface area contributed by atoms with Gasteiger partial charge in [0.15, 0.2) is 5.13 Å². The number of halogens is 1. The summed E-state index contributed by atoms with van der Waals surface area (Å²) in [6.07, 6.45) is 4.67. The van der Waals surface area contributed by atoms with Gasteiger partial charge in [-0.05, 0) is 62.9 Å². The fourth-order valence-corrected chi connectivity index (χ4v) is 5.87. The van der Waals surface area contributed by atoms with Crippen molar-refractivity contribution in [1.29, 1.82) is 0 Å². The van der Waals surface area contributed by atoms with Crippen LogP contribution in [0.25, 0.3) is 11.1 Å². The molecular formula is C22H23ClN4O3S2. The first-order valence-corrected chi connectivity index (χ1v) is 12.9. The molecule has 0 bridgehead atoms. The average Bonchev–Trinajstić information content (AvgIpc) is 3.48. The number of aromatic nitrogens is 2. The molecule has 0 radical (unpaired) electrons. The normalized spacial score (nSPS) is 14.2. The molecule has 0 atom stereocenters. The van der Waals surface area contributed by atoms with Crippen LogP contribution in [0.4, 0.5) is 10.8 Å². The monoisotopic (exact) mass is 490 g/mol. The fraction of sp³-hybridized carbons (Fsp3) is 0.318. The number of sulfonamides is 1. The van der Waals surface area contributed by atoms with Crippen LogP contribution in [0.3, 0.4) is 0 Å². The fourth-order valence-electron chi connectivity index (χ4n) is 3.22. The van der Waals surface area contributed by atoms with E-state index in [0.29, 0.717) is 29.2 Å². The molecule has 2 N–H and O–H groups in total. The van der Waals surface area contributed by atoms with Gasteiger partial charge in [0.25, 0.3) is 0 Å². The first-order chi connectivity index (χ1) is 15.1. The van der Waals surface area contributed by atoms with Crippen molar-refractivity contribution < 1.29 is 13.2 Å². The Labute approximate surface area is 196 Å². The van der Waals surface area contributed by atoms with Crippen LogP contribution in [-0.2, 0) is 20.2 Å². The Hall–Kier alpha value is -2.49. The predicted molar refractivity (Wildman–Crippen MR) is 129 cm³/mol. The third kappa shape index (κ3) is 4.79. The Morgan fingerprint density at radius 1 is 1.22 bits per heavy atom. The van der Waals surface area contributed by atoms with Gasteiger partial charge in [-0.15, -0.1) is 11.3 Å². The van der Waals surface area contributed by atoms with Crippen LogP contribution < -0.4 is 10.0 Å². The number of thiazole rings is 1. The second kappa shape index (κ2) is 8.46. The lowest BCUT2D eigenvalue weighted by Crippen LogP contribution is -2.35. The van der Waals surface area contributed by atoms with E-state index in [-0.39, 0.29) is 16.3 Å². The molecule has 3 aromatic rings. The number of benzene rings is 1. The minimum absolute atomic E-state index is 0.240. The van der Waals surface area contributed by atoms with Gasteiger partial charge in [-0.2, -0.15) is 0 Å². The van der Waals surface area contributed by atoms with Gasteiger partial charge in [0.05, 0.1) is 21.4 Å². The number of pyridine rings is 1. The molecule has 1 fully saturated rings. The minimum Gasteiger partial charge on any atom is -0.325 e. The Balaban J connectivity index is 1.49. The summed E-state index contributed by atoms with van der Waals surface area (Å²) in [4.78, 5) is 21.5. The molecule has 2 heterocycles. The molecule has 7 nitrogen and oxygen atoms in total. The van der Waals surface area contributed by atoms with Crippen molar-refractivity contribution in [3.8, 4) is 11.1 Å². The van der Waals surface area contributed by atoms with Gasteiger partial charge in [0.2, 0.25) is 15.9 Å². The topological polar surface area (TPSA) is 101 Å². The van der Waals surface area contributed by atoms with Gasteiger partial charge < -0.3 is 5.32 Å². The van der Waals surface area contributed by atoms with E-state index in [1.165, 1.54) is 11.3 Å². The SMILES string of the molecule is Cc1cc(NC(=O)C(C)(C)c2csc(NS(=O)(=O)C3CC3)n2)ccc1-c1cncc(Cl)c1. The molecule has 168 valence electrons. The number of rotatable bonds is 7. The first-order valence-electron chi connectivity index (χ1n) is 10.1. The quantitative estimate of drug-likeness (QED) is 0.486. The van der Waals surface area contributed by atoms with Crippen molar-refractivity contribution in [2.24, 2.45) is 0 Å². The highest BCUT2D eigenvalue weighted by Crippen LogP contribution is 2.33. The van der Waals surface area contributed by atoms with Crippen molar-refractivity contribution in [1.82, 2.24) is 9.97 Å². The van der Waals surface area contributed by atoms with Crippen molar-refractivity contribution in [3.05, 3.63) is 58.3 Å². The highest BCUT2D eigenvalue weighted by Gasteiger charge is 2.37. The molecular weight excluding hydrogens is 468 g/mol. The molecule has 0 unspecified atom stereocenters. The van der Waals surface area contributed by atoms with Gasteiger partial charge in [-0.3, -0.25) is 14.5 Å². The van der Waals surface area contributed by atoms with E-state index in [2.05, 4.69) is 20.0 Å². The third-order valence-corrected chi connectivity index (χ3v) is 8.33. The molecule has 1 aliphatic carbocycles. The Morgan fingerprint density at radius 3 is 2.62 bits per heavy atom. The number of hydrogen-bond donors (Lipinski definition) is 2. The lowest BCUT2D eigenvalue weighted by atomic mass is 9.89. The van der Waals surface area contributed by atoms with Gasteiger partial charge in [-0.1, -0.05) is 17.7 Å². The van der Waals surface area contributed by atoms with E-state index in [9.17, 15) is 13.2 Å². The smallest absolute Gasteiger partial charge is 0.237 e. The number of aryl methyl sites for hydroxylation is 1. The number of anilines is 2. The maximum atomic E-state index is 13.0. The van der Waals surface area contributed by atoms with Crippen LogP contribution in [0.15, 0.2) is 42.0 Å². The lowest BCUT2D eigenvalue weighted by molar-refractivity contribution is -0.120. The molecule has 32 heavy (non-hydrogen) atoms. The number of nitrogens with zero attached hydrogens (tertiary/aromatic N) is 2. The standard InChI is InChI=1S/C22H23ClN4O3S2/c1-13-8-16(4-7-18(13)14-9-15(23)11-24-10-14)25-20(28)22(2,3)19-12-31-21(26-19)27-32(29,30)17-5-6-17/h4,7-12,17H,5-6H2,1-3H3,(H,25,28)(H,26,27). The highest BCUT2D eigenvalue weighted by molar-refractivity contribution is 7.93. The molecule has 10 heteroatoms. The van der Waals surface area contributed by atoms with Crippen molar-refractivity contribution in [2.45, 2.75) is 44.3 Å². The van der Waals surface area contributed by atoms with Crippen LogP contribution >= 0.6 is 22.9 Å². The number of amides is 1. The van der Waals surface area contributed by atoms with E-state index in [1.54, 1.807) is 31.6 Å². The Bertz CT molecular complexity index is 1280. The lowest BCUT2D eigenvalue weighted by Gasteiger charge is -2.22. The summed E-state index contributed by atoms with van der Waals surface area (Å²) in [7, 11) is -3.39. The molecule has 1 aromatic carbocycles. The number of hydrogen-bond acceptors (Lipinski definition) is 6. The second-order valence-corrected chi connectivity index (χ2v) is 11.6. The van der Waals surface area contributed by atoms with Crippen molar-refractivity contribution in [3.63, 3.8) is 0 Å². The molecule has 0 saturated heterocycles. The summed E-state index contributed by atoms with van der Waals surface area (Å²) < 4.78 is 26.8. The van der Waals surface area contributed by atoms with Gasteiger partial charge in [-0.25, -0.2) is 13.4 Å². The van der Waals surface area contributed by atoms with E-state index in [1.807, 2.05) is 31.2 Å². The highest BCUT2D eigenvalue weighted by atomic mass is 35.5. The number of nitrogens with one attached hydrogen (secondary N) is 2. The Kier molecular flexibility index (Phi) is 6.00. The van der Waals surface area contributed by atoms with E-state index in [4.69, 9.17) is 11.6 Å². The maximum Gasteiger partial charge on any atom is 0.237 e. The minimum atomic E-state index is -3.39. The van der Waals surface area contributed by atoms with Gasteiger partial charge in [0.1, 0.15) is 0 Å². The van der Waals surface area contributed by atoms with Gasteiger partial charge >= 0.3 is 0 Å². The second-order valence-electron chi connectivity index (χ2n) is 8.38. The van der Waals surface area contributed by atoms with E-state index < -0.39 is 15.4 Å². The number of carbonyl (C=O) groups excluding carboxylic acids is 1. The summed E-state index contributed by atoms with van der Waals surface area (Å²) in [5, 5.41) is 5.16. The molecule has 1 amide bonds. The zero-order chi connectivity index (χ0) is 23.1. The first kappa shape index (κ1) is 22.7. The van der Waals surface area contributed by atoms with Crippen LogP contribution in [0.5, 0.6) is 0 Å². The largest absolute Gasteiger partial charge is 0.325 e. The number of carbonyl (C=O) groups is 1. The van der Waals surface area contributed by atoms with Crippen LogP contribution in [0, 0.1) is 6.92 Å². The molecule has 1 saturated carbocycles.